The van der Waals surface area contributed by atoms with Gasteiger partial charge in [0, 0.05) is 21.8 Å². The Morgan fingerprint density at radius 3 is 1.90 bits per heavy atom. The van der Waals surface area contributed by atoms with Gasteiger partial charge in [0.15, 0.2) is 0 Å². The molecule has 0 saturated heterocycles. The molecule has 0 aromatic heterocycles. The number of nitrogens with one attached hydrogen (secondary N) is 3. The van der Waals surface area contributed by atoms with Crippen LogP contribution in [0, 0.1) is 0 Å². The lowest BCUT2D eigenvalue weighted by Crippen LogP contribution is -2.30. The molecule has 0 aliphatic heterocycles. The zero-order valence-corrected chi connectivity index (χ0v) is 28.6. The summed E-state index contributed by atoms with van der Waals surface area (Å²) >= 11 is 1.36. The molecule has 0 radical (unpaired) electrons. The minimum atomic E-state index is -0.487. The molecule has 3 N–H and O–H groups in total. The molecule has 6 aromatic rings. The van der Waals surface area contributed by atoms with E-state index in [1.165, 1.54) is 11.8 Å². The van der Waals surface area contributed by atoms with Crippen molar-refractivity contribution in [1.29, 1.82) is 0 Å². The van der Waals surface area contributed by atoms with Gasteiger partial charge in [0.25, 0.3) is 11.8 Å². The Balaban J connectivity index is 1.11. The van der Waals surface area contributed by atoms with Crippen molar-refractivity contribution in [2.75, 3.05) is 10.6 Å². The van der Waals surface area contributed by atoms with E-state index in [0.29, 0.717) is 22.7 Å². The first-order valence-corrected chi connectivity index (χ1v) is 17.2. The summed E-state index contributed by atoms with van der Waals surface area (Å²) in [5, 5.41) is 8.22. The maximum Gasteiger partial charge on any atom is 0.272 e. The van der Waals surface area contributed by atoms with Crippen LogP contribution in [0.1, 0.15) is 22.8 Å². The van der Waals surface area contributed by atoms with Crippen LogP contribution in [0.4, 0.5) is 11.4 Å². The largest absolute Gasteiger partial charge is 0.457 e. The molecule has 0 aliphatic rings. The summed E-state index contributed by atoms with van der Waals surface area (Å²) in [7, 11) is 0. The number of amides is 3. The highest BCUT2D eigenvalue weighted by Crippen LogP contribution is 2.28. The Labute approximate surface area is 301 Å². The minimum absolute atomic E-state index is 0.0855. The molecule has 51 heavy (non-hydrogen) atoms. The van der Waals surface area contributed by atoms with E-state index < -0.39 is 17.1 Å². The third kappa shape index (κ3) is 9.84. The second-order valence-electron chi connectivity index (χ2n) is 11.5. The highest BCUT2D eigenvalue weighted by molar-refractivity contribution is 8.00. The van der Waals surface area contributed by atoms with E-state index in [-0.39, 0.29) is 11.6 Å². The summed E-state index contributed by atoms with van der Waals surface area (Å²) in [5.41, 5.74) is 4.55. The molecule has 6 aromatic carbocycles. The van der Waals surface area contributed by atoms with Gasteiger partial charge >= 0.3 is 0 Å². The molecule has 0 spiro atoms. The van der Waals surface area contributed by atoms with Crippen molar-refractivity contribution in [2.24, 2.45) is 0 Å². The standard InChI is InChI=1S/C43H35N3O4S/c1-30(41(47)44-35-24-26-38(27-25-35)50-37-17-9-4-10-18-37)51-39-19-11-16-36(29-39)45-43(49)40(46-42(48)34-14-7-3-8-15-34)28-31-20-22-33(23-21-31)32-12-5-2-6-13-32/h2-30H,1H3,(H,44,47)(H,45,49)(H,46,48)/b40-28+. The lowest BCUT2D eigenvalue weighted by Gasteiger charge is -2.14. The number of para-hydroxylation sites is 1. The SMILES string of the molecule is CC(Sc1cccc(NC(=O)/C(=C\c2ccc(-c3ccccc3)cc2)NC(=O)c2ccccc2)c1)C(=O)Nc1ccc(Oc2ccccc2)cc1. The van der Waals surface area contributed by atoms with Gasteiger partial charge in [0.1, 0.15) is 17.2 Å². The summed E-state index contributed by atoms with van der Waals surface area (Å²) in [6.07, 6.45) is 1.65. The predicted molar refractivity (Wildman–Crippen MR) is 206 cm³/mol. The Hall–Kier alpha value is -6.38. The van der Waals surface area contributed by atoms with Gasteiger partial charge in [-0.05, 0) is 96.4 Å². The zero-order chi connectivity index (χ0) is 35.4. The van der Waals surface area contributed by atoms with E-state index in [1.54, 1.807) is 66.7 Å². The average Bonchev–Trinajstić information content (AvgIpc) is 3.17. The fraction of sp³-hybridized carbons (Fsp3) is 0.0465. The summed E-state index contributed by atoms with van der Waals surface area (Å²) in [4.78, 5) is 40.6. The van der Waals surface area contributed by atoms with Crippen molar-refractivity contribution in [3.8, 4) is 22.6 Å². The smallest absolute Gasteiger partial charge is 0.272 e. The van der Waals surface area contributed by atoms with Crippen molar-refractivity contribution in [3.63, 3.8) is 0 Å². The normalized spacial score (nSPS) is 11.6. The number of hydrogen-bond acceptors (Lipinski definition) is 5. The van der Waals surface area contributed by atoms with Crippen LogP contribution in [0.2, 0.25) is 0 Å². The predicted octanol–water partition coefficient (Wildman–Crippen LogP) is 9.67. The van der Waals surface area contributed by atoms with Crippen LogP contribution in [0.3, 0.4) is 0 Å². The maximum atomic E-state index is 13.7. The second kappa shape index (κ2) is 16.8. The quantitative estimate of drug-likeness (QED) is 0.0879. The molecule has 1 unspecified atom stereocenters. The van der Waals surface area contributed by atoms with Gasteiger partial charge in [-0.15, -0.1) is 11.8 Å². The van der Waals surface area contributed by atoms with Gasteiger partial charge in [-0.3, -0.25) is 14.4 Å². The third-order valence-electron chi connectivity index (χ3n) is 7.73. The van der Waals surface area contributed by atoms with Crippen LogP contribution in [0.25, 0.3) is 17.2 Å². The first kappa shape index (κ1) is 34.5. The van der Waals surface area contributed by atoms with Crippen LogP contribution < -0.4 is 20.7 Å². The van der Waals surface area contributed by atoms with Crippen LogP contribution >= 0.6 is 11.8 Å². The molecule has 0 bridgehead atoms. The fourth-order valence-corrected chi connectivity index (χ4v) is 6.02. The number of rotatable bonds is 12. The summed E-state index contributed by atoms with van der Waals surface area (Å²) in [5.74, 6) is 0.340. The number of thioether (sulfide) groups is 1. The van der Waals surface area contributed by atoms with Gasteiger partial charge in [0.05, 0.1) is 5.25 Å². The van der Waals surface area contributed by atoms with Gasteiger partial charge < -0.3 is 20.7 Å². The van der Waals surface area contributed by atoms with Crippen molar-refractivity contribution >= 4 is 46.9 Å². The van der Waals surface area contributed by atoms with Crippen LogP contribution in [-0.4, -0.2) is 23.0 Å². The van der Waals surface area contributed by atoms with Crippen molar-refractivity contribution in [1.82, 2.24) is 5.32 Å². The molecule has 3 amide bonds. The number of carbonyl (C=O) groups is 3. The average molecular weight is 690 g/mol. The molecule has 6 rings (SSSR count). The highest BCUT2D eigenvalue weighted by Gasteiger charge is 2.18. The maximum absolute atomic E-state index is 13.7. The minimum Gasteiger partial charge on any atom is -0.457 e. The van der Waals surface area contributed by atoms with E-state index >= 15 is 0 Å². The molecular formula is C43H35N3O4S. The van der Waals surface area contributed by atoms with Crippen molar-refractivity contribution in [3.05, 3.63) is 181 Å². The monoisotopic (exact) mass is 689 g/mol. The molecular weight excluding hydrogens is 655 g/mol. The Morgan fingerprint density at radius 2 is 1.22 bits per heavy atom. The molecule has 0 saturated carbocycles. The summed E-state index contributed by atoms with van der Waals surface area (Å²) in [6.45, 7) is 1.82. The lowest BCUT2D eigenvalue weighted by molar-refractivity contribution is -0.115. The zero-order valence-electron chi connectivity index (χ0n) is 27.8. The molecule has 8 heteroatoms. The topological polar surface area (TPSA) is 96.5 Å². The first-order valence-electron chi connectivity index (χ1n) is 16.3. The molecule has 7 nitrogen and oxygen atoms in total. The second-order valence-corrected chi connectivity index (χ2v) is 13.0. The van der Waals surface area contributed by atoms with Gasteiger partial charge in [-0.2, -0.15) is 0 Å². The third-order valence-corrected chi connectivity index (χ3v) is 8.83. The summed E-state index contributed by atoms with van der Waals surface area (Å²) < 4.78 is 5.84. The number of hydrogen-bond donors (Lipinski definition) is 3. The van der Waals surface area contributed by atoms with Crippen molar-refractivity contribution in [2.45, 2.75) is 17.1 Å². The first-order chi connectivity index (χ1) is 24.9. The number of anilines is 2. The Kier molecular flexibility index (Phi) is 11.4. The molecule has 0 heterocycles. The van der Waals surface area contributed by atoms with Crippen LogP contribution in [0.5, 0.6) is 11.5 Å². The molecule has 252 valence electrons. The van der Waals surface area contributed by atoms with Crippen LogP contribution in [-0.2, 0) is 9.59 Å². The van der Waals surface area contributed by atoms with E-state index in [9.17, 15) is 14.4 Å². The van der Waals surface area contributed by atoms with Crippen LogP contribution in [0.15, 0.2) is 174 Å². The lowest BCUT2D eigenvalue weighted by atomic mass is 10.0. The molecule has 0 fully saturated rings. The van der Waals surface area contributed by atoms with Gasteiger partial charge in [-0.25, -0.2) is 0 Å². The Morgan fingerprint density at radius 1 is 0.608 bits per heavy atom. The summed E-state index contributed by atoms with van der Waals surface area (Å²) in [6, 6.07) is 50.4. The number of carbonyl (C=O) groups excluding carboxylic acids is 3. The van der Waals surface area contributed by atoms with E-state index in [1.807, 2.05) is 110 Å². The van der Waals surface area contributed by atoms with Gasteiger partial charge in [0.2, 0.25) is 5.91 Å². The van der Waals surface area contributed by atoms with E-state index in [2.05, 4.69) is 16.0 Å². The van der Waals surface area contributed by atoms with E-state index in [0.717, 1.165) is 27.3 Å². The molecule has 0 aliphatic carbocycles. The number of ether oxygens (including phenoxy) is 1. The number of benzene rings is 6. The highest BCUT2D eigenvalue weighted by atomic mass is 32.2. The van der Waals surface area contributed by atoms with Crippen molar-refractivity contribution < 1.29 is 19.1 Å². The van der Waals surface area contributed by atoms with E-state index in [4.69, 9.17) is 4.74 Å². The van der Waals surface area contributed by atoms with Gasteiger partial charge in [-0.1, -0.05) is 97.1 Å². The Bertz CT molecular complexity index is 2120. The fourth-order valence-electron chi connectivity index (χ4n) is 5.09. The molecule has 1 atom stereocenters.